The van der Waals surface area contributed by atoms with Crippen LogP contribution in [0, 0.1) is 189 Å². The van der Waals surface area contributed by atoms with Gasteiger partial charge in [0.05, 0.1) is 50.8 Å². The summed E-state index contributed by atoms with van der Waals surface area (Å²) >= 11 is -1.46. The first-order valence-electron chi connectivity index (χ1n) is 34.2. The van der Waals surface area contributed by atoms with E-state index in [2.05, 4.69) is 111 Å². The topological polar surface area (TPSA) is 167 Å². The summed E-state index contributed by atoms with van der Waals surface area (Å²) in [5.74, 6) is -12.4. The molecule has 5 aromatic heterocycles. The number of hydrogen-bond acceptors (Lipinski definition) is 7. The molecule has 12 aromatic rings. The minimum Gasteiger partial charge on any atom is 0 e. The molecule has 0 amide bonds. The summed E-state index contributed by atoms with van der Waals surface area (Å²) in [6.45, 7) is 55.9. The van der Waals surface area contributed by atoms with Crippen molar-refractivity contribution >= 4 is 180 Å². The van der Waals surface area contributed by atoms with Gasteiger partial charge in [0, 0.05) is 90.9 Å². The number of para-hydroxylation sites is 1. The molecule has 1 radical (unpaired) electrons. The molecule has 44 heteroatoms. The largest absolute Gasteiger partial charge is 0 e. The first-order valence-corrected chi connectivity index (χ1v) is 69.0. The number of benzene rings is 7. The Hall–Kier alpha value is -8.64. The Morgan fingerprint density at radius 2 is 0.632 bits per heavy atom. The summed E-state index contributed by atoms with van der Waals surface area (Å²) < 4.78 is 186. The van der Waals surface area contributed by atoms with E-state index >= 15 is 0 Å². The number of hydrogen-bond donors (Lipinski definition) is 2. The van der Waals surface area contributed by atoms with Gasteiger partial charge in [-0.25, -0.2) is 59.5 Å². The molecule has 0 spiro atoms. The fourth-order valence-corrected chi connectivity index (χ4v) is 13.5. The van der Waals surface area contributed by atoms with Crippen molar-refractivity contribution in [1.29, 1.82) is 0 Å². The Bertz CT molecular complexity index is 5550. The van der Waals surface area contributed by atoms with Gasteiger partial charge in [0.2, 0.25) is 0 Å². The van der Waals surface area contributed by atoms with E-state index in [1.807, 2.05) is 61.6 Å². The van der Waals surface area contributed by atoms with E-state index in [-0.39, 0.29) is 103 Å². The third kappa shape index (κ3) is 46.6. The van der Waals surface area contributed by atoms with Crippen LogP contribution >= 0.6 is 63.2 Å². The van der Waals surface area contributed by atoms with E-state index in [4.69, 9.17) is 93.7 Å². The standard InChI is InChI=1S/2C13H8F2N2.2C13H7F2N2.C7H4BF2NO2.C7H3F2N.C7H2F2N.C6H6BrN.2CH4.8CH3.3BH4.5ClH.3Ir.H2O.2Sn/c4*1-8-5-6-17-11(7-8)9-3-4-10(14)13(16-2)12(9)15;1-11-7-5(9)3-2-4(6(7)10)8(12)13;2*1-10-7-5(8)3-2-4-6(7)9;1-5-2-3-8-6(7)4-5;;;;;;;;;;;;;;;;;;;;;;;;/h2*3-7H,1H3;2*4-7H,1H3;2-3,12-13H;2-4H;2-3H;2-4H,1H3;2*1H4;8*1H3;3*1H4;5*1H;;;;1H2;;/q;;2*-1;;;;;;;;;;;;;5*-1;;;;;;;2*+3;;;+1/p-5. The maximum Gasteiger partial charge on any atom is 0 e. The van der Waals surface area contributed by atoms with Gasteiger partial charge in [-0.05, 0) is 170 Å². The van der Waals surface area contributed by atoms with E-state index in [9.17, 15) is 61.5 Å². The molecule has 7 aromatic carbocycles. The maximum atomic E-state index is 13.9. The van der Waals surface area contributed by atoms with Gasteiger partial charge in [-0.1, -0.05) is 75.5 Å². The zero-order chi connectivity index (χ0) is 94.2. The Balaban J connectivity index is -0.000000220. The Labute approximate surface area is 840 Å². The van der Waals surface area contributed by atoms with E-state index < -0.39 is 183 Å². The predicted octanol–water partition coefficient (Wildman–Crippen LogP) is 24.9. The Kier molecular flexibility index (Phi) is 73.6. The molecule has 0 saturated carbocycles. The number of pyridine rings is 5. The van der Waals surface area contributed by atoms with Gasteiger partial charge in [0.25, 0.3) is 22.7 Å². The Morgan fingerprint density at radius 3 is 0.895 bits per heavy atom. The number of rotatable bonds is 6. The van der Waals surface area contributed by atoms with Crippen molar-refractivity contribution in [3.05, 3.63) is 391 Å². The summed E-state index contributed by atoms with van der Waals surface area (Å²) in [5, 5.41) is 17.2. The molecule has 0 unspecified atom stereocenters. The smallest absolute Gasteiger partial charge is 0 e. The van der Waals surface area contributed by atoms with Gasteiger partial charge in [0.1, 0.15) is 51.1 Å². The second kappa shape index (κ2) is 70.1. The molecule has 4 N–H and O–H groups in total. The average molecular weight is 2760 g/mol. The van der Waals surface area contributed by atoms with Crippen molar-refractivity contribution in [2.45, 2.75) is 79.1 Å². The minimum absolute atomic E-state index is 0. The van der Waals surface area contributed by atoms with Crippen LogP contribution in [-0.4, -0.2) is 108 Å². The molecule has 12 rings (SSSR count). The number of aryl methyl sites for hydroxylation is 5. The molecule has 0 aliphatic rings. The molecular weight excluding hydrogens is 2670 g/mol. The predicted molar refractivity (Wildman–Crippen MR) is 524 cm³/mol. The van der Waals surface area contributed by atoms with Crippen LogP contribution in [0.4, 0.5) is 101 Å². The van der Waals surface area contributed by atoms with Gasteiger partial charge < -0.3 is 40.3 Å². The van der Waals surface area contributed by atoms with Crippen molar-refractivity contribution in [2.75, 3.05) is 0 Å². The normalized spacial score (nSPS) is 9.27. The third-order valence-electron chi connectivity index (χ3n) is 14.7. The molecule has 133 heavy (non-hydrogen) atoms. The third-order valence-corrected chi connectivity index (χ3v) is 20.9. The summed E-state index contributed by atoms with van der Waals surface area (Å²) in [6.07, 6.45) is 7.92. The maximum absolute atomic E-state index is 13.9. The van der Waals surface area contributed by atoms with E-state index in [0.717, 1.165) is 75.4 Å². The molecule has 0 fully saturated rings. The van der Waals surface area contributed by atoms with Gasteiger partial charge in [0.15, 0.2) is 11.4 Å². The summed E-state index contributed by atoms with van der Waals surface area (Å²) in [4.78, 5) is 52.0. The van der Waals surface area contributed by atoms with Gasteiger partial charge in [-0.15, -0.1) is 35.4 Å². The second-order valence-electron chi connectivity index (χ2n) is 26.1. The van der Waals surface area contributed by atoms with Crippen molar-refractivity contribution < 1.29 is 128 Å². The van der Waals surface area contributed by atoms with E-state index in [1.54, 1.807) is 67.1 Å². The van der Waals surface area contributed by atoms with Crippen molar-refractivity contribution in [3.8, 4) is 45.0 Å². The first-order chi connectivity index (χ1) is 58.2. The summed E-state index contributed by atoms with van der Waals surface area (Å²) in [6, 6.07) is 37.0. The molecule has 717 valence electrons. The van der Waals surface area contributed by atoms with Gasteiger partial charge in [-0.3, -0.25) is 37.2 Å². The fourth-order valence-electron chi connectivity index (χ4n) is 9.13. The van der Waals surface area contributed by atoms with Crippen molar-refractivity contribution in [2.24, 2.45) is 0 Å². The van der Waals surface area contributed by atoms with Gasteiger partial charge in [-0.2, -0.15) is 0 Å². The van der Waals surface area contributed by atoms with Crippen LogP contribution in [0.25, 0.3) is 78.9 Å². The number of aromatic nitrogens is 5. The van der Waals surface area contributed by atoms with Crippen LogP contribution in [0.3, 0.4) is 0 Å². The molecule has 15 nitrogen and oxygen atoms in total. The van der Waals surface area contributed by atoms with Crippen molar-refractivity contribution in [3.63, 3.8) is 0 Å². The quantitative estimate of drug-likeness (QED) is 0.0723. The second-order valence-corrected chi connectivity index (χ2v) is 71.1. The average Bonchev–Trinajstić information content (AvgIpc) is 0.987. The summed E-state index contributed by atoms with van der Waals surface area (Å²) in [5.41, 5.74) is 1.88. The molecule has 5 heterocycles. The molecule has 0 atom stereocenters. The van der Waals surface area contributed by atoms with Crippen molar-refractivity contribution in [1.82, 2.24) is 24.9 Å². The molecule has 0 bridgehead atoms. The van der Waals surface area contributed by atoms with Crippen LogP contribution < -0.4 is 9.04 Å². The van der Waals surface area contributed by atoms with Crippen LogP contribution in [-0.2, 0) is 51.5 Å². The van der Waals surface area contributed by atoms with E-state index in [0.29, 0.717) is 26.4 Å². The SMILES string of the molecule is C.C.Cc1ccnc(Br)c1.O.[BH4-].[BH4-].[BH4-].[C-]#[N+]c1c(F)c[c-]c(-c2cc(C)ccn2)c1F.[C-]#[N+]c1c(F)c[c-]c(-c2cc(C)ccn2)c1F.[C-]#[N+]c1c(F)cc[c]([Sn]([CH3])([CH3])[CH3])c1F.[C-]#[N+]c1c(F)ccc(-c2cc(C)ccn2)c1F.[C-]#[N+]c1c(F)ccc(-c2cc(C)ccn2)c1F.[C-]#[N+]c1c(F)ccc(B(O)O)c1F.[C-]#[N+]c1c(F)cccc1F.[CH3-].[CH3-].[CH3][Sn]([CH3])([CH3])[Cl].[Cl][Ir+2].[Cl][Ir]([Cl])[Cl].[Ir]. The number of nitrogens with zero attached hydrogens (tertiary/aromatic N) is 12. The molecule has 0 saturated heterocycles. The zero-order valence-corrected chi connectivity index (χ0v) is 87.3. The van der Waals surface area contributed by atoms with Crippen LogP contribution in [0.1, 0.15) is 42.7 Å². The van der Waals surface area contributed by atoms with E-state index in [1.165, 1.54) is 66.2 Å². The zero-order valence-electron chi connectivity index (χ0n) is 69.1. The molecule has 0 aliphatic carbocycles. The van der Waals surface area contributed by atoms with Crippen LogP contribution in [0.2, 0.25) is 29.6 Å². The van der Waals surface area contributed by atoms with Gasteiger partial charge >= 0.3 is 204 Å². The van der Waals surface area contributed by atoms with Crippen LogP contribution in [0.5, 0.6) is 0 Å². The monoisotopic (exact) mass is 2760 g/mol. The Morgan fingerprint density at radius 1 is 0.383 bits per heavy atom. The minimum atomic E-state index is -2.56. The molecule has 0 aliphatic heterocycles. The molecular formula is C89H91B4BrCl5F14Ir3N12O3Sn2-5. The number of halogens is 20. The fraction of sp³-hybridized carbons (Fsp3) is 0.146. The van der Waals surface area contributed by atoms with Crippen LogP contribution in [0.15, 0.2) is 175 Å². The summed E-state index contributed by atoms with van der Waals surface area (Å²) in [7, 11) is 23.3. The first kappa shape index (κ1) is 140.